The number of rotatable bonds is 9. The van der Waals surface area contributed by atoms with Gasteiger partial charge in [-0.1, -0.05) is 19.8 Å². The van der Waals surface area contributed by atoms with E-state index in [9.17, 15) is 9.59 Å². The molecule has 1 aliphatic rings. The van der Waals surface area contributed by atoms with E-state index in [0.29, 0.717) is 25.1 Å². The van der Waals surface area contributed by atoms with Gasteiger partial charge in [-0.25, -0.2) is 0 Å². The third kappa shape index (κ3) is 6.54. The van der Waals surface area contributed by atoms with Gasteiger partial charge in [0.15, 0.2) is 0 Å². The molecule has 2 amide bonds. The molecular formula is C21H34N4O2. The number of carbonyl (C=O) groups is 2. The van der Waals surface area contributed by atoms with Crippen LogP contribution in [-0.2, 0) is 4.79 Å². The lowest BCUT2D eigenvalue weighted by molar-refractivity contribution is -0.131. The minimum Gasteiger partial charge on any atom is -0.378 e. The summed E-state index contributed by atoms with van der Waals surface area (Å²) in [6, 6.07) is 7.68. The van der Waals surface area contributed by atoms with Crippen molar-refractivity contribution in [3.05, 3.63) is 29.8 Å². The Morgan fingerprint density at radius 1 is 1.04 bits per heavy atom. The first-order valence-corrected chi connectivity index (χ1v) is 10.1. The molecule has 0 unspecified atom stereocenters. The van der Waals surface area contributed by atoms with E-state index in [4.69, 9.17) is 0 Å². The van der Waals surface area contributed by atoms with Crippen molar-refractivity contribution in [3.8, 4) is 0 Å². The predicted octanol–water partition coefficient (Wildman–Crippen LogP) is 2.21. The van der Waals surface area contributed by atoms with Gasteiger partial charge in [-0.2, -0.15) is 0 Å². The van der Waals surface area contributed by atoms with Crippen LogP contribution in [0.5, 0.6) is 0 Å². The molecule has 150 valence electrons. The number of carbonyl (C=O) groups excluding carboxylic acids is 2. The van der Waals surface area contributed by atoms with E-state index in [0.717, 1.165) is 51.1 Å². The highest BCUT2D eigenvalue weighted by molar-refractivity contribution is 5.94. The molecule has 2 rings (SSSR count). The second-order valence-electron chi connectivity index (χ2n) is 7.32. The first-order valence-electron chi connectivity index (χ1n) is 10.1. The number of amides is 2. The van der Waals surface area contributed by atoms with Gasteiger partial charge >= 0.3 is 0 Å². The minimum absolute atomic E-state index is 0.0181. The van der Waals surface area contributed by atoms with Gasteiger partial charge in [-0.3, -0.25) is 9.59 Å². The van der Waals surface area contributed by atoms with Crippen molar-refractivity contribution >= 4 is 17.5 Å². The average molecular weight is 375 g/mol. The Kier molecular flexibility index (Phi) is 8.58. The van der Waals surface area contributed by atoms with Gasteiger partial charge in [0.05, 0.1) is 0 Å². The standard InChI is InChI=1S/C21H34N4O2/c1-4-5-6-14-25(15-11-20(26)24-16-12-22-13-17-24)21(27)18-7-9-19(10-8-18)23(2)3/h7-10,22H,4-6,11-17H2,1-3H3. The van der Waals surface area contributed by atoms with Crippen molar-refractivity contribution in [1.29, 1.82) is 0 Å². The third-order valence-electron chi connectivity index (χ3n) is 5.01. The lowest BCUT2D eigenvalue weighted by atomic mass is 10.1. The molecular weight excluding hydrogens is 340 g/mol. The molecule has 6 heteroatoms. The molecule has 1 N–H and O–H groups in total. The van der Waals surface area contributed by atoms with Crippen LogP contribution in [0.1, 0.15) is 43.0 Å². The lowest BCUT2D eigenvalue weighted by Crippen LogP contribution is -2.47. The van der Waals surface area contributed by atoms with E-state index in [1.807, 2.05) is 53.1 Å². The highest BCUT2D eigenvalue weighted by Crippen LogP contribution is 2.15. The van der Waals surface area contributed by atoms with Crippen molar-refractivity contribution in [3.63, 3.8) is 0 Å². The molecule has 27 heavy (non-hydrogen) atoms. The zero-order valence-corrected chi connectivity index (χ0v) is 17.0. The van der Waals surface area contributed by atoms with Crippen LogP contribution >= 0.6 is 0 Å². The molecule has 0 radical (unpaired) electrons. The first kappa shape index (κ1) is 21.2. The Morgan fingerprint density at radius 2 is 1.70 bits per heavy atom. The SMILES string of the molecule is CCCCCN(CCC(=O)N1CCNCC1)C(=O)c1ccc(N(C)C)cc1. The topological polar surface area (TPSA) is 55.9 Å². The number of unbranched alkanes of at least 4 members (excludes halogenated alkanes) is 2. The Morgan fingerprint density at radius 3 is 2.30 bits per heavy atom. The number of hydrogen-bond acceptors (Lipinski definition) is 4. The summed E-state index contributed by atoms with van der Waals surface area (Å²) in [5.41, 5.74) is 1.75. The van der Waals surface area contributed by atoms with Gasteiger partial charge in [0, 0.05) is 71.0 Å². The average Bonchev–Trinajstić information content (AvgIpc) is 2.70. The van der Waals surface area contributed by atoms with E-state index < -0.39 is 0 Å². The van der Waals surface area contributed by atoms with Crippen LogP contribution in [0.3, 0.4) is 0 Å². The van der Waals surface area contributed by atoms with Crippen molar-refractivity contribution in [1.82, 2.24) is 15.1 Å². The van der Waals surface area contributed by atoms with Gasteiger partial charge < -0.3 is 20.0 Å². The van der Waals surface area contributed by atoms with E-state index in [-0.39, 0.29) is 11.8 Å². The maximum atomic E-state index is 13.0. The van der Waals surface area contributed by atoms with Crippen LogP contribution in [0.15, 0.2) is 24.3 Å². The quantitative estimate of drug-likeness (QED) is 0.674. The Bertz CT molecular complexity index is 595. The summed E-state index contributed by atoms with van der Waals surface area (Å²) in [4.78, 5) is 31.2. The minimum atomic E-state index is 0.0181. The Hall–Kier alpha value is -2.08. The zero-order chi connectivity index (χ0) is 19.6. The largest absolute Gasteiger partial charge is 0.378 e. The summed E-state index contributed by atoms with van der Waals surface area (Å²) in [6.45, 7) is 6.56. The summed E-state index contributed by atoms with van der Waals surface area (Å²) in [7, 11) is 3.96. The van der Waals surface area contributed by atoms with Crippen LogP contribution in [-0.4, -0.2) is 75.0 Å². The van der Waals surface area contributed by atoms with E-state index >= 15 is 0 Å². The summed E-state index contributed by atoms with van der Waals surface area (Å²) in [5, 5.41) is 3.26. The van der Waals surface area contributed by atoms with Crippen LogP contribution in [0.4, 0.5) is 5.69 Å². The van der Waals surface area contributed by atoms with Crippen LogP contribution < -0.4 is 10.2 Å². The first-order chi connectivity index (χ1) is 13.0. The maximum absolute atomic E-state index is 13.0. The summed E-state index contributed by atoms with van der Waals surface area (Å²) >= 11 is 0. The molecule has 6 nitrogen and oxygen atoms in total. The van der Waals surface area contributed by atoms with Gasteiger partial charge in [0.25, 0.3) is 5.91 Å². The fourth-order valence-corrected chi connectivity index (χ4v) is 3.26. The normalized spacial score (nSPS) is 14.1. The fraction of sp³-hybridized carbons (Fsp3) is 0.619. The second-order valence-corrected chi connectivity index (χ2v) is 7.32. The van der Waals surface area contributed by atoms with Crippen molar-refractivity contribution in [2.45, 2.75) is 32.6 Å². The van der Waals surface area contributed by atoms with Gasteiger partial charge in [0.1, 0.15) is 0 Å². The molecule has 0 aromatic heterocycles. The molecule has 1 fully saturated rings. The number of nitrogens with zero attached hydrogens (tertiary/aromatic N) is 3. The van der Waals surface area contributed by atoms with E-state index in [1.54, 1.807) is 0 Å². The molecule has 0 aliphatic carbocycles. The highest BCUT2D eigenvalue weighted by Gasteiger charge is 2.20. The van der Waals surface area contributed by atoms with Crippen molar-refractivity contribution in [2.24, 2.45) is 0 Å². The Labute approximate surface area is 163 Å². The molecule has 0 bridgehead atoms. The lowest BCUT2D eigenvalue weighted by Gasteiger charge is -2.29. The summed E-state index contributed by atoms with van der Waals surface area (Å²) in [6.07, 6.45) is 3.57. The monoisotopic (exact) mass is 374 g/mol. The fourth-order valence-electron chi connectivity index (χ4n) is 3.26. The van der Waals surface area contributed by atoms with E-state index in [1.165, 1.54) is 0 Å². The Balaban J connectivity index is 1.98. The highest BCUT2D eigenvalue weighted by atomic mass is 16.2. The van der Waals surface area contributed by atoms with Crippen molar-refractivity contribution in [2.75, 3.05) is 58.3 Å². The molecule has 0 spiro atoms. The molecule has 1 heterocycles. The summed E-state index contributed by atoms with van der Waals surface area (Å²) < 4.78 is 0. The maximum Gasteiger partial charge on any atom is 0.253 e. The van der Waals surface area contributed by atoms with Crippen LogP contribution in [0, 0.1) is 0 Å². The number of hydrogen-bond donors (Lipinski definition) is 1. The number of piperazine rings is 1. The molecule has 1 aliphatic heterocycles. The number of nitrogens with one attached hydrogen (secondary N) is 1. The van der Waals surface area contributed by atoms with Crippen molar-refractivity contribution < 1.29 is 9.59 Å². The molecule has 1 aromatic carbocycles. The molecule has 1 saturated heterocycles. The van der Waals surface area contributed by atoms with Gasteiger partial charge in [-0.05, 0) is 30.7 Å². The number of benzene rings is 1. The van der Waals surface area contributed by atoms with E-state index in [2.05, 4.69) is 12.2 Å². The molecule has 0 atom stereocenters. The molecule has 0 saturated carbocycles. The van der Waals surface area contributed by atoms with Crippen LogP contribution in [0.2, 0.25) is 0 Å². The van der Waals surface area contributed by atoms with Gasteiger partial charge in [0.2, 0.25) is 5.91 Å². The van der Waals surface area contributed by atoms with Crippen LogP contribution in [0.25, 0.3) is 0 Å². The van der Waals surface area contributed by atoms with Gasteiger partial charge in [-0.15, -0.1) is 0 Å². The summed E-state index contributed by atoms with van der Waals surface area (Å²) in [5.74, 6) is 0.164. The predicted molar refractivity (Wildman–Crippen MR) is 110 cm³/mol. The smallest absolute Gasteiger partial charge is 0.253 e. The third-order valence-corrected chi connectivity index (χ3v) is 5.01. The zero-order valence-electron chi connectivity index (χ0n) is 17.0. The second kappa shape index (κ2) is 10.9. The molecule has 1 aromatic rings. The number of anilines is 1.